The van der Waals surface area contributed by atoms with Crippen molar-refractivity contribution in [1.82, 2.24) is 4.98 Å². The van der Waals surface area contributed by atoms with Gasteiger partial charge in [0.15, 0.2) is 0 Å². The van der Waals surface area contributed by atoms with E-state index >= 15 is 0 Å². The Morgan fingerprint density at radius 3 is 2.47 bits per heavy atom. The lowest BCUT2D eigenvalue weighted by atomic mass is 9.88. The van der Waals surface area contributed by atoms with Gasteiger partial charge in [0.25, 0.3) is 0 Å². The zero-order valence-electron chi connectivity index (χ0n) is 11.1. The molecule has 0 spiro atoms. The Morgan fingerprint density at radius 2 is 1.94 bits per heavy atom. The van der Waals surface area contributed by atoms with Gasteiger partial charge in [0.05, 0.1) is 17.8 Å². The molecule has 0 radical (unpaired) electrons. The third-order valence-electron chi connectivity index (χ3n) is 3.36. The van der Waals surface area contributed by atoms with Gasteiger partial charge in [-0.2, -0.15) is 0 Å². The summed E-state index contributed by atoms with van der Waals surface area (Å²) in [7, 11) is 0. The number of pyridine rings is 1. The van der Waals surface area contributed by atoms with E-state index in [0.29, 0.717) is 12.5 Å². The molecule has 17 heavy (non-hydrogen) atoms. The van der Waals surface area contributed by atoms with Gasteiger partial charge in [-0.1, -0.05) is 0 Å². The van der Waals surface area contributed by atoms with Crippen molar-refractivity contribution in [3.8, 4) is 5.75 Å². The number of hydrogen-bond donors (Lipinski definition) is 0. The molecule has 0 saturated carbocycles. The van der Waals surface area contributed by atoms with Crippen molar-refractivity contribution in [2.75, 3.05) is 6.61 Å². The molecule has 94 valence electrons. The summed E-state index contributed by atoms with van der Waals surface area (Å²) in [5.41, 5.74) is -0.160. The molecule has 1 aliphatic heterocycles. The molecule has 0 aliphatic carbocycles. The zero-order chi connectivity index (χ0) is 12.5. The summed E-state index contributed by atoms with van der Waals surface area (Å²) in [5, 5.41) is 0. The van der Waals surface area contributed by atoms with Crippen LogP contribution >= 0.6 is 0 Å². The largest absolute Gasteiger partial charge is 0.493 e. The molecule has 3 heteroatoms. The van der Waals surface area contributed by atoms with Crippen LogP contribution in [0.2, 0.25) is 0 Å². The predicted octanol–water partition coefficient (Wildman–Crippen LogP) is 3.05. The molecule has 0 bridgehead atoms. The molecule has 1 fully saturated rings. The molecule has 3 nitrogen and oxygen atoms in total. The van der Waals surface area contributed by atoms with Crippen LogP contribution in [0.15, 0.2) is 24.5 Å². The second kappa shape index (κ2) is 4.30. The maximum Gasteiger partial charge on any atom is 0.122 e. The summed E-state index contributed by atoms with van der Waals surface area (Å²) in [6.07, 6.45) is 4.52. The summed E-state index contributed by atoms with van der Waals surface area (Å²) in [5.74, 6) is 1.30. The molecule has 0 amide bonds. The SMILES string of the molecule is CC1(C)CC(COc2ccncc2)C(C)(C)O1. The molecule has 1 saturated heterocycles. The fraction of sp³-hybridized carbons (Fsp3) is 0.643. The highest BCUT2D eigenvalue weighted by Crippen LogP contribution is 2.41. The van der Waals surface area contributed by atoms with Gasteiger partial charge in [-0.25, -0.2) is 0 Å². The van der Waals surface area contributed by atoms with E-state index in [-0.39, 0.29) is 11.2 Å². The number of ether oxygens (including phenoxy) is 2. The van der Waals surface area contributed by atoms with Crippen molar-refractivity contribution in [3.63, 3.8) is 0 Å². The van der Waals surface area contributed by atoms with E-state index in [4.69, 9.17) is 9.47 Å². The van der Waals surface area contributed by atoms with Crippen LogP contribution in [0.25, 0.3) is 0 Å². The van der Waals surface area contributed by atoms with Crippen molar-refractivity contribution in [3.05, 3.63) is 24.5 Å². The third-order valence-corrected chi connectivity index (χ3v) is 3.36. The van der Waals surface area contributed by atoms with Gasteiger partial charge in [0.1, 0.15) is 5.75 Å². The van der Waals surface area contributed by atoms with Gasteiger partial charge in [0.2, 0.25) is 0 Å². The molecule has 2 heterocycles. The highest BCUT2D eigenvalue weighted by atomic mass is 16.5. The minimum Gasteiger partial charge on any atom is -0.493 e. The molecule has 2 rings (SSSR count). The molecule has 1 aliphatic rings. The van der Waals surface area contributed by atoms with E-state index in [1.165, 1.54) is 0 Å². The lowest BCUT2D eigenvalue weighted by molar-refractivity contribution is -0.0777. The number of nitrogens with zero attached hydrogens (tertiary/aromatic N) is 1. The standard InChI is InChI=1S/C14H21NO2/c1-13(2)9-11(14(3,4)17-13)10-16-12-5-7-15-8-6-12/h5-8,11H,9-10H2,1-4H3. The van der Waals surface area contributed by atoms with Gasteiger partial charge >= 0.3 is 0 Å². The summed E-state index contributed by atoms with van der Waals surface area (Å²) >= 11 is 0. The Kier molecular flexibility index (Phi) is 3.13. The zero-order valence-corrected chi connectivity index (χ0v) is 11.1. The van der Waals surface area contributed by atoms with Crippen LogP contribution in [0.3, 0.4) is 0 Å². The second-order valence-electron chi connectivity index (χ2n) is 5.86. The van der Waals surface area contributed by atoms with E-state index in [2.05, 4.69) is 32.7 Å². The smallest absolute Gasteiger partial charge is 0.122 e. The Bertz CT molecular complexity index is 373. The molecule has 0 aromatic carbocycles. The van der Waals surface area contributed by atoms with Crippen molar-refractivity contribution >= 4 is 0 Å². The van der Waals surface area contributed by atoms with E-state index in [1.807, 2.05) is 12.1 Å². The Labute approximate surface area is 103 Å². The second-order valence-corrected chi connectivity index (χ2v) is 5.86. The maximum atomic E-state index is 6.04. The third kappa shape index (κ3) is 2.97. The molecular formula is C14H21NO2. The maximum absolute atomic E-state index is 6.04. The number of hydrogen-bond acceptors (Lipinski definition) is 3. The molecule has 1 unspecified atom stereocenters. The van der Waals surface area contributed by atoms with Crippen molar-refractivity contribution in [1.29, 1.82) is 0 Å². The van der Waals surface area contributed by atoms with Crippen LogP contribution in [0, 0.1) is 5.92 Å². The number of aromatic nitrogens is 1. The summed E-state index contributed by atoms with van der Waals surface area (Å²) < 4.78 is 11.8. The van der Waals surface area contributed by atoms with Gasteiger partial charge < -0.3 is 9.47 Å². The Hall–Kier alpha value is -1.09. The number of rotatable bonds is 3. The highest BCUT2D eigenvalue weighted by Gasteiger charge is 2.45. The van der Waals surface area contributed by atoms with Gasteiger partial charge in [-0.05, 0) is 46.2 Å². The molecule has 0 N–H and O–H groups in total. The van der Waals surface area contributed by atoms with Crippen molar-refractivity contribution in [2.24, 2.45) is 5.92 Å². The summed E-state index contributed by atoms with van der Waals surface area (Å²) in [6.45, 7) is 9.26. The van der Waals surface area contributed by atoms with Crippen LogP contribution < -0.4 is 4.74 Å². The average Bonchev–Trinajstić information content (AvgIpc) is 2.45. The first-order valence-corrected chi connectivity index (χ1v) is 6.12. The van der Waals surface area contributed by atoms with Gasteiger partial charge in [-0.15, -0.1) is 0 Å². The van der Waals surface area contributed by atoms with Crippen LogP contribution in [0.1, 0.15) is 34.1 Å². The normalized spacial score (nSPS) is 25.8. The molecule has 1 aromatic rings. The van der Waals surface area contributed by atoms with E-state index in [1.54, 1.807) is 12.4 Å². The van der Waals surface area contributed by atoms with Crippen LogP contribution in [0.5, 0.6) is 5.75 Å². The van der Waals surface area contributed by atoms with E-state index in [9.17, 15) is 0 Å². The van der Waals surface area contributed by atoms with Gasteiger partial charge in [-0.3, -0.25) is 4.98 Å². The lowest BCUT2D eigenvalue weighted by Gasteiger charge is -2.27. The minimum atomic E-state index is -0.115. The Balaban J connectivity index is 1.96. The fourth-order valence-corrected chi connectivity index (χ4v) is 2.57. The first kappa shape index (κ1) is 12.4. The average molecular weight is 235 g/mol. The highest BCUT2D eigenvalue weighted by molar-refractivity contribution is 5.16. The lowest BCUT2D eigenvalue weighted by Crippen LogP contribution is -2.32. The predicted molar refractivity (Wildman–Crippen MR) is 67.1 cm³/mol. The summed E-state index contributed by atoms with van der Waals surface area (Å²) in [4.78, 5) is 3.97. The van der Waals surface area contributed by atoms with Crippen molar-refractivity contribution < 1.29 is 9.47 Å². The quantitative estimate of drug-likeness (QED) is 0.807. The van der Waals surface area contributed by atoms with Gasteiger partial charge in [0, 0.05) is 18.3 Å². The topological polar surface area (TPSA) is 31.4 Å². The van der Waals surface area contributed by atoms with E-state index in [0.717, 1.165) is 12.2 Å². The summed E-state index contributed by atoms with van der Waals surface area (Å²) in [6, 6.07) is 3.77. The Morgan fingerprint density at radius 1 is 1.29 bits per heavy atom. The first-order valence-electron chi connectivity index (χ1n) is 6.12. The minimum absolute atomic E-state index is 0.0459. The van der Waals surface area contributed by atoms with Crippen molar-refractivity contribution in [2.45, 2.75) is 45.3 Å². The van der Waals surface area contributed by atoms with Crippen LogP contribution in [0.4, 0.5) is 0 Å². The molecule has 1 atom stereocenters. The van der Waals surface area contributed by atoms with Crippen LogP contribution in [-0.2, 0) is 4.74 Å². The molecular weight excluding hydrogens is 214 g/mol. The molecule has 1 aromatic heterocycles. The first-order chi connectivity index (χ1) is 7.89. The van der Waals surface area contributed by atoms with E-state index < -0.39 is 0 Å². The monoisotopic (exact) mass is 235 g/mol. The fourth-order valence-electron chi connectivity index (χ4n) is 2.57. The van der Waals surface area contributed by atoms with Crippen LogP contribution in [-0.4, -0.2) is 22.8 Å².